The zero-order valence-electron chi connectivity index (χ0n) is 13.5. The first kappa shape index (κ1) is 16.9. The van der Waals surface area contributed by atoms with Gasteiger partial charge in [-0.25, -0.2) is 0 Å². The maximum atomic E-state index is 11.7. The van der Waals surface area contributed by atoms with Gasteiger partial charge >= 0.3 is 0 Å². The summed E-state index contributed by atoms with van der Waals surface area (Å²) in [4.78, 5) is 22.5. The number of amides is 1. The summed E-state index contributed by atoms with van der Waals surface area (Å²) >= 11 is 0. The van der Waals surface area contributed by atoms with Crippen molar-refractivity contribution in [3.05, 3.63) is 28.9 Å². The molecule has 0 aliphatic carbocycles. The van der Waals surface area contributed by atoms with Crippen molar-refractivity contribution in [2.45, 2.75) is 39.3 Å². The SMILES string of the molecule is Cc1ncc2c(c1-c1noc(CN3CCCC3=O)n1)CCNC2.Cl. The van der Waals surface area contributed by atoms with E-state index in [0.717, 1.165) is 43.7 Å². The molecule has 2 aliphatic heterocycles. The number of aryl methyl sites for hydroxylation is 1. The van der Waals surface area contributed by atoms with Crippen molar-refractivity contribution in [2.24, 2.45) is 0 Å². The van der Waals surface area contributed by atoms with Crippen LogP contribution in [0.5, 0.6) is 0 Å². The van der Waals surface area contributed by atoms with E-state index in [1.807, 2.05) is 13.1 Å². The summed E-state index contributed by atoms with van der Waals surface area (Å²) in [5, 5.41) is 7.49. The number of carbonyl (C=O) groups is 1. The summed E-state index contributed by atoms with van der Waals surface area (Å²) < 4.78 is 5.38. The number of likely N-dealkylation sites (tertiary alicyclic amines) is 1. The average molecular weight is 350 g/mol. The van der Waals surface area contributed by atoms with Gasteiger partial charge in [-0.1, -0.05) is 5.16 Å². The molecule has 4 rings (SSSR count). The number of nitrogens with one attached hydrogen (secondary N) is 1. The molecule has 1 saturated heterocycles. The summed E-state index contributed by atoms with van der Waals surface area (Å²) in [6.45, 7) is 4.90. The Bertz CT molecular complexity index is 761. The molecule has 8 heteroatoms. The normalized spacial score (nSPS) is 16.9. The number of pyridine rings is 1. The van der Waals surface area contributed by atoms with Crippen molar-refractivity contribution >= 4 is 18.3 Å². The highest BCUT2D eigenvalue weighted by molar-refractivity contribution is 5.85. The molecule has 0 unspecified atom stereocenters. The summed E-state index contributed by atoms with van der Waals surface area (Å²) in [6.07, 6.45) is 4.37. The van der Waals surface area contributed by atoms with Gasteiger partial charge in [0.25, 0.3) is 0 Å². The monoisotopic (exact) mass is 349 g/mol. The lowest BCUT2D eigenvalue weighted by Crippen LogP contribution is -2.25. The van der Waals surface area contributed by atoms with Gasteiger partial charge in [-0.05, 0) is 37.4 Å². The summed E-state index contributed by atoms with van der Waals surface area (Å²) in [5.74, 6) is 1.22. The van der Waals surface area contributed by atoms with Crippen LogP contribution in [0.4, 0.5) is 0 Å². The minimum atomic E-state index is 0. The third-order valence-electron chi connectivity index (χ3n) is 4.52. The van der Waals surface area contributed by atoms with E-state index in [9.17, 15) is 4.79 Å². The van der Waals surface area contributed by atoms with Crippen molar-refractivity contribution in [1.82, 2.24) is 25.3 Å². The highest BCUT2D eigenvalue weighted by atomic mass is 35.5. The molecule has 2 aromatic rings. The first-order chi connectivity index (χ1) is 11.2. The molecular weight excluding hydrogens is 330 g/mol. The van der Waals surface area contributed by atoms with E-state index in [2.05, 4.69) is 20.4 Å². The fourth-order valence-electron chi connectivity index (χ4n) is 3.32. The van der Waals surface area contributed by atoms with Gasteiger partial charge in [-0.2, -0.15) is 4.98 Å². The lowest BCUT2D eigenvalue weighted by Gasteiger charge is -2.19. The molecule has 2 aliphatic rings. The Morgan fingerprint density at radius 3 is 3.04 bits per heavy atom. The number of nitrogens with zero attached hydrogens (tertiary/aromatic N) is 4. The maximum absolute atomic E-state index is 11.7. The molecule has 7 nitrogen and oxygen atoms in total. The van der Waals surface area contributed by atoms with Gasteiger partial charge in [0, 0.05) is 37.0 Å². The van der Waals surface area contributed by atoms with E-state index in [1.165, 1.54) is 11.1 Å². The molecule has 1 N–H and O–H groups in total. The molecule has 4 heterocycles. The summed E-state index contributed by atoms with van der Waals surface area (Å²) in [6, 6.07) is 0. The molecule has 128 valence electrons. The van der Waals surface area contributed by atoms with Gasteiger partial charge in [0.15, 0.2) is 0 Å². The fourth-order valence-corrected chi connectivity index (χ4v) is 3.32. The van der Waals surface area contributed by atoms with Crippen LogP contribution in [0.2, 0.25) is 0 Å². The maximum Gasteiger partial charge on any atom is 0.246 e. The van der Waals surface area contributed by atoms with Crippen LogP contribution in [-0.4, -0.2) is 39.0 Å². The number of hydrogen-bond acceptors (Lipinski definition) is 6. The molecule has 0 aromatic carbocycles. The molecule has 1 amide bonds. The molecule has 24 heavy (non-hydrogen) atoms. The second kappa shape index (κ2) is 6.86. The third kappa shape index (κ3) is 3.01. The molecule has 0 saturated carbocycles. The summed E-state index contributed by atoms with van der Waals surface area (Å²) in [7, 11) is 0. The van der Waals surface area contributed by atoms with Crippen LogP contribution in [0.3, 0.4) is 0 Å². The van der Waals surface area contributed by atoms with Crippen LogP contribution in [0.1, 0.15) is 35.6 Å². The van der Waals surface area contributed by atoms with Crippen molar-refractivity contribution in [1.29, 1.82) is 0 Å². The minimum Gasteiger partial charge on any atom is -0.337 e. The molecule has 0 atom stereocenters. The zero-order chi connectivity index (χ0) is 15.8. The number of carbonyl (C=O) groups excluding carboxylic acids is 1. The van der Waals surface area contributed by atoms with Crippen LogP contribution in [0.25, 0.3) is 11.4 Å². The second-order valence-electron chi connectivity index (χ2n) is 6.08. The molecule has 0 bridgehead atoms. The Balaban J connectivity index is 0.00000169. The number of rotatable bonds is 3. The first-order valence-electron chi connectivity index (χ1n) is 8.01. The Morgan fingerprint density at radius 1 is 1.38 bits per heavy atom. The molecule has 2 aromatic heterocycles. The zero-order valence-corrected chi connectivity index (χ0v) is 14.4. The van der Waals surface area contributed by atoms with E-state index < -0.39 is 0 Å². The largest absolute Gasteiger partial charge is 0.337 e. The Labute approximate surface area is 146 Å². The number of aromatic nitrogens is 3. The highest BCUT2D eigenvalue weighted by Gasteiger charge is 2.24. The van der Waals surface area contributed by atoms with Gasteiger partial charge in [-0.3, -0.25) is 9.78 Å². The van der Waals surface area contributed by atoms with E-state index >= 15 is 0 Å². The lowest BCUT2D eigenvalue weighted by molar-refractivity contribution is -0.128. The predicted octanol–water partition coefficient (Wildman–Crippen LogP) is 1.63. The Morgan fingerprint density at radius 2 is 2.25 bits per heavy atom. The van der Waals surface area contributed by atoms with Gasteiger partial charge in [0.05, 0.1) is 6.54 Å². The number of hydrogen-bond donors (Lipinski definition) is 1. The van der Waals surface area contributed by atoms with Gasteiger partial charge < -0.3 is 14.7 Å². The van der Waals surface area contributed by atoms with Crippen LogP contribution in [-0.2, 0) is 24.3 Å². The topological polar surface area (TPSA) is 84.2 Å². The number of halogens is 1. The van der Waals surface area contributed by atoms with Crippen LogP contribution in [0, 0.1) is 6.92 Å². The summed E-state index contributed by atoms with van der Waals surface area (Å²) in [5.41, 5.74) is 4.33. The van der Waals surface area contributed by atoms with Crippen LogP contribution >= 0.6 is 12.4 Å². The van der Waals surface area contributed by atoms with E-state index in [1.54, 1.807) is 4.90 Å². The smallest absolute Gasteiger partial charge is 0.246 e. The van der Waals surface area contributed by atoms with Crippen molar-refractivity contribution in [3.8, 4) is 11.4 Å². The second-order valence-corrected chi connectivity index (χ2v) is 6.08. The minimum absolute atomic E-state index is 0. The quantitative estimate of drug-likeness (QED) is 0.906. The molecule has 0 spiro atoms. The van der Waals surface area contributed by atoms with Crippen molar-refractivity contribution < 1.29 is 9.32 Å². The fraction of sp³-hybridized carbons (Fsp3) is 0.500. The third-order valence-corrected chi connectivity index (χ3v) is 4.52. The Hall–Kier alpha value is -1.99. The predicted molar refractivity (Wildman–Crippen MR) is 89.6 cm³/mol. The van der Waals surface area contributed by atoms with Crippen molar-refractivity contribution in [3.63, 3.8) is 0 Å². The Kier molecular flexibility index (Phi) is 4.82. The average Bonchev–Trinajstić information content (AvgIpc) is 3.17. The first-order valence-corrected chi connectivity index (χ1v) is 8.01. The molecule has 1 fully saturated rings. The van der Waals surface area contributed by atoms with Crippen LogP contribution < -0.4 is 5.32 Å². The van der Waals surface area contributed by atoms with E-state index in [0.29, 0.717) is 24.7 Å². The standard InChI is InChI=1S/C16H19N5O2.ClH/c1-10-15(12-4-5-17-7-11(12)8-18-10)16-19-13(23-20-16)9-21-6-2-3-14(21)22;/h8,17H,2-7,9H2,1H3;1H. The van der Waals surface area contributed by atoms with E-state index in [-0.39, 0.29) is 18.3 Å². The van der Waals surface area contributed by atoms with Gasteiger partial charge in [-0.15, -0.1) is 12.4 Å². The van der Waals surface area contributed by atoms with Crippen molar-refractivity contribution in [2.75, 3.05) is 13.1 Å². The van der Waals surface area contributed by atoms with Gasteiger partial charge in [0.2, 0.25) is 17.6 Å². The van der Waals surface area contributed by atoms with E-state index in [4.69, 9.17) is 4.52 Å². The highest BCUT2D eigenvalue weighted by Crippen LogP contribution is 2.28. The molecule has 0 radical (unpaired) electrons. The molecular formula is C16H20ClN5O2. The number of fused-ring (bicyclic) bond motifs is 1. The lowest BCUT2D eigenvalue weighted by atomic mass is 9.95. The van der Waals surface area contributed by atoms with Crippen LogP contribution in [0.15, 0.2) is 10.7 Å². The van der Waals surface area contributed by atoms with Gasteiger partial charge in [0.1, 0.15) is 0 Å².